The lowest BCUT2D eigenvalue weighted by atomic mass is 9.92. The van der Waals surface area contributed by atoms with E-state index in [0.717, 1.165) is 64.0 Å². The molecule has 0 radical (unpaired) electrons. The Balaban J connectivity index is 1.36. The molecule has 30 heavy (non-hydrogen) atoms. The summed E-state index contributed by atoms with van der Waals surface area (Å²) in [5, 5.41) is 0. The van der Waals surface area contributed by atoms with E-state index < -0.39 is 0 Å². The van der Waals surface area contributed by atoms with Crippen LogP contribution in [0.5, 0.6) is 5.75 Å². The van der Waals surface area contributed by atoms with Crippen LogP contribution in [0.15, 0.2) is 30.3 Å². The standard InChI is InChI=1S/C24H37N3O3/c1-25-16-12-21(13-17-25)26(2)23(28)11-10-20-7-6-15-27(19-20)24(29)14-18-30-22-8-4-3-5-9-22/h3-5,8-9,20-21H,6-7,10-19H2,1-2H3/t20-/m1/s1. The summed E-state index contributed by atoms with van der Waals surface area (Å²) >= 11 is 0. The van der Waals surface area contributed by atoms with Crippen molar-refractivity contribution in [1.82, 2.24) is 14.7 Å². The molecule has 3 rings (SSSR count). The number of para-hydroxylation sites is 1. The molecule has 2 fully saturated rings. The number of carbonyl (C=O) groups is 2. The van der Waals surface area contributed by atoms with Crippen LogP contribution >= 0.6 is 0 Å². The molecule has 2 saturated heterocycles. The fourth-order valence-electron chi connectivity index (χ4n) is 4.55. The van der Waals surface area contributed by atoms with Gasteiger partial charge in [-0.05, 0) is 70.3 Å². The van der Waals surface area contributed by atoms with Gasteiger partial charge in [-0.15, -0.1) is 0 Å². The molecule has 2 heterocycles. The lowest BCUT2D eigenvalue weighted by Gasteiger charge is -2.36. The van der Waals surface area contributed by atoms with Gasteiger partial charge >= 0.3 is 0 Å². The Hall–Kier alpha value is -2.08. The van der Waals surface area contributed by atoms with Crippen molar-refractivity contribution in [2.75, 3.05) is 46.9 Å². The van der Waals surface area contributed by atoms with Crippen molar-refractivity contribution in [2.24, 2.45) is 5.92 Å². The first-order valence-corrected chi connectivity index (χ1v) is 11.4. The summed E-state index contributed by atoms with van der Waals surface area (Å²) in [6, 6.07) is 9.99. The molecule has 0 bridgehead atoms. The zero-order valence-corrected chi connectivity index (χ0v) is 18.6. The lowest BCUT2D eigenvalue weighted by Crippen LogP contribution is -2.45. The van der Waals surface area contributed by atoms with Gasteiger partial charge < -0.3 is 19.4 Å². The number of piperidine rings is 2. The van der Waals surface area contributed by atoms with Crippen molar-refractivity contribution in [1.29, 1.82) is 0 Å². The summed E-state index contributed by atoms with van der Waals surface area (Å²) < 4.78 is 5.66. The third-order valence-corrected chi connectivity index (χ3v) is 6.60. The lowest BCUT2D eigenvalue weighted by molar-refractivity contribution is -0.134. The first-order chi connectivity index (χ1) is 14.5. The highest BCUT2D eigenvalue weighted by atomic mass is 16.5. The molecule has 166 valence electrons. The number of hydrogen-bond acceptors (Lipinski definition) is 4. The molecular weight excluding hydrogens is 378 g/mol. The van der Waals surface area contributed by atoms with Crippen molar-refractivity contribution < 1.29 is 14.3 Å². The predicted octanol–water partition coefficient (Wildman–Crippen LogP) is 3.03. The number of rotatable bonds is 8. The normalized spacial score (nSPS) is 20.7. The van der Waals surface area contributed by atoms with Crippen LogP contribution in [0.3, 0.4) is 0 Å². The zero-order chi connectivity index (χ0) is 21.3. The smallest absolute Gasteiger partial charge is 0.226 e. The van der Waals surface area contributed by atoms with E-state index in [1.165, 1.54) is 0 Å². The van der Waals surface area contributed by atoms with Crippen LogP contribution in [0.2, 0.25) is 0 Å². The molecule has 0 spiro atoms. The number of hydrogen-bond donors (Lipinski definition) is 0. The number of amides is 2. The molecule has 1 aromatic carbocycles. The van der Waals surface area contributed by atoms with E-state index in [0.29, 0.717) is 31.4 Å². The van der Waals surface area contributed by atoms with E-state index >= 15 is 0 Å². The Kier molecular flexibility index (Phi) is 8.55. The molecule has 2 aliphatic heterocycles. The highest BCUT2D eigenvalue weighted by Gasteiger charge is 2.27. The van der Waals surface area contributed by atoms with E-state index in [1.807, 2.05) is 47.2 Å². The van der Waals surface area contributed by atoms with Gasteiger partial charge in [0.05, 0.1) is 13.0 Å². The second kappa shape index (κ2) is 11.3. The van der Waals surface area contributed by atoms with E-state index in [-0.39, 0.29) is 11.8 Å². The van der Waals surface area contributed by atoms with E-state index in [2.05, 4.69) is 11.9 Å². The second-order valence-electron chi connectivity index (χ2n) is 8.84. The van der Waals surface area contributed by atoms with E-state index in [9.17, 15) is 9.59 Å². The molecular formula is C24H37N3O3. The third kappa shape index (κ3) is 6.73. The molecule has 1 atom stereocenters. The van der Waals surface area contributed by atoms with Crippen LogP contribution in [-0.2, 0) is 9.59 Å². The molecule has 2 aliphatic rings. The SMILES string of the molecule is CN1CCC(N(C)C(=O)CC[C@H]2CCCN(C(=O)CCOc3ccccc3)C2)CC1. The monoisotopic (exact) mass is 415 g/mol. The van der Waals surface area contributed by atoms with Crippen LogP contribution in [0.25, 0.3) is 0 Å². The molecule has 1 aromatic rings. The summed E-state index contributed by atoms with van der Waals surface area (Å²) in [6.07, 6.45) is 6.13. The van der Waals surface area contributed by atoms with Crippen molar-refractivity contribution in [3.8, 4) is 5.75 Å². The first-order valence-electron chi connectivity index (χ1n) is 11.4. The van der Waals surface area contributed by atoms with Crippen LogP contribution in [-0.4, -0.2) is 79.4 Å². The Morgan fingerprint density at radius 3 is 2.53 bits per heavy atom. The van der Waals surface area contributed by atoms with Crippen LogP contribution in [0.4, 0.5) is 0 Å². The summed E-state index contributed by atoms with van der Waals surface area (Å²) in [7, 11) is 4.10. The van der Waals surface area contributed by atoms with Crippen LogP contribution in [0.1, 0.15) is 44.9 Å². The molecule has 0 unspecified atom stereocenters. The maximum absolute atomic E-state index is 12.7. The average Bonchev–Trinajstić information content (AvgIpc) is 2.78. The first kappa shape index (κ1) is 22.6. The molecule has 0 saturated carbocycles. The summed E-state index contributed by atoms with van der Waals surface area (Å²) in [5.74, 6) is 1.64. The van der Waals surface area contributed by atoms with Gasteiger partial charge in [-0.3, -0.25) is 9.59 Å². The largest absolute Gasteiger partial charge is 0.493 e. The highest BCUT2D eigenvalue weighted by molar-refractivity contribution is 5.77. The topological polar surface area (TPSA) is 53.1 Å². The molecule has 0 aromatic heterocycles. The third-order valence-electron chi connectivity index (χ3n) is 6.60. The fraction of sp³-hybridized carbons (Fsp3) is 0.667. The summed E-state index contributed by atoms with van der Waals surface area (Å²) in [6.45, 7) is 4.13. The Bertz CT molecular complexity index is 674. The Morgan fingerprint density at radius 1 is 1.07 bits per heavy atom. The van der Waals surface area contributed by atoms with Crippen molar-refractivity contribution in [3.63, 3.8) is 0 Å². The number of ether oxygens (including phenoxy) is 1. The number of nitrogens with zero attached hydrogens (tertiary/aromatic N) is 3. The van der Waals surface area contributed by atoms with E-state index in [4.69, 9.17) is 4.74 Å². The minimum atomic E-state index is 0.158. The molecule has 0 N–H and O–H groups in total. The van der Waals surface area contributed by atoms with Gasteiger partial charge in [0.2, 0.25) is 11.8 Å². The van der Waals surface area contributed by atoms with Crippen molar-refractivity contribution in [3.05, 3.63) is 30.3 Å². The average molecular weight is 416 g/mol. The van der Waals surface area contributed by atoms with Crippen LogP contribution < -0.4 is 4.74 Å². The van der Waals surface area contributed by atoms with Gasteiger partial charge in [-0.1, -0.05) is 18.2 Å². The van der Waals surface area contributed by atoms with Gasteiger partial charge in [0.25, 0.3) is 0 Å². The fourth-order valence-corrected chi connectivity index (χ4v) is 4.55. The Labute approximate surface area is 181 Å². The maximum atomic E-state index is 12.7. The number of benzene rings is 1. The zero-order valence-electron chi connectivity index (χ0n) is 18.6. The minimum Gasteiger partial charge on any atom is -0.493 e. The predicted molar refractivity (Wildman–Crippen MR) is 118 cm³/mol. The van der Waals surface area contributed by atoms with Gasteiger partial charge in [-0.2, -0.15) is 0 Å². The minimum absolute atomic E-state index is 0.158. The van der Waals surface area contributed by atoms with Gasteiger partial charge in [0.1, 0.15) is 5.75 Å². The molecule has 6 nitrogen and oxygen atoms in total. The second-order valence-corrected chi connectivity index (χ2v) is 8.84. The summed E-state index contributed by atoms with van der Waals surface area (Å²) in [5.41, 5.74) is 0. The van der Waals surface area contributed by atoms with Gasteiger partial charge in [0, 0.05) is 32.6 Å². The maximum Gasteiger partial charge on any atom is 0.226 e. The van der Waals surface area contributed by atoms with Crippen molar-refractivity contribution in [2.45, 2.75) is 51.0 Å². The highest BCUT2D eigenvalue weighted by Crippen LogP contribution is 2.23. The quantitative estimate of drug-likeness (QED) is 0.655. The summed E-state index contributed by atoms with van der Waals surface area (Å²) in [4.78, 5) is 31.5. The van der Waals surface area contributed by atoms with Crippen molar-refractivity contribution >= 4 is 11.8 Å². The van der Waals surface area contributed by atoms with E-state index in [1.54, 1.807) is 0 Å². The van der Waals surface area contributed by atoms with Gasteiger partial charge in [-0.25, -0.2) is 0 Å². The number of likely N-dealkylation sites (tertiary alicyclic amines) is 2. The molecule has 0 aliphatic carbocycles. The molecule has 2 amide bonds. The Morgan fingerprint density at radius 2 is 1.80 bits per heavy atom. The molecule has 6 heteroatoms. The van der Waals surface area contributed by atoms with Crippen LogP contribution in [0, 0.1) is 5.92 Å². The van der Waals surface area contributed by atoms with Gasteiger partial charge in [0.15, 0.2) is 0 Å². The number of carbonyl (C=O) groups excluding carboxylic acids is 2.